The minimum atomic E-state index is 0.673. The van der Waals surface area contributed by atoms with E-state index in [2.05, 4.69) is 41.2 Å². The van der Waals surface area contributed by atoms with Gasteiger partial charge in [0.2, 0.25) is 0 Å². The van der Waals surface area contributed by atoms with Crippen molar-refractivity contribution in [3.8, 4) is 0 Å². The molecule has 1 fully saturated rings. The van der Waals surface area contributed by atoms with Gasteiger partial charge in [0, 0.05) is 23.8 Å². The van der Waals surface area contributed by atoms with Crippen molar-refractivity contribution in [2.24, 2.45) is 0 Å². The van der Waals surface area contributed by atoms with E-state index in [9.17, 15) is 0 Å². The van der Waals surface area contributed by atoms with Crippen molar-refractivity contribution in [1.29, 1.82) is 0 Å². The van der Waals surface area contributed by atoms with Gasteiger partial charge < -0.3 is 10.2 Å². The molecule has 4 heteroatoms. The van der Waals surface area contributed by atoms with E-state index in [1.54, 1.807) is 0 Å². The quantitative estimate of drug-likeness (QED) is 0.829. The molecule has 19 heavy (non-hydrogen) atoms. The number of hydrogen-bond donors (Lipinski definition) is 2. The van der Waals surface area contributed by atoms with Crippen LogP contribution < -0.4 is 5.32 Å². The summed E-state index contributed by atoms with van der Waals surface area (Å²) in [6.07, 6.45) is 5.20. The predicted molar refractivity (Wildman–Crippen MR) is 79.3 cm³/mol. The Morgan fingerprint density at radius 3 is 2.63 bits per heavy atom. The zero-order valence-corrected chi connectivity index (χ0v) is 12.6. The summed E-state index contributed by atoms with van der Waals surface area (Å²) in [6.45, 7) is 11.2. The monoisotopic (exact) mass is 264 g/mol. The molecule has 2 N–H and O–H groups in total. The van der Waals surface area contributed by atoms with Gasteiger partial charge in [-0.2, -0.15) is 5.10 Å². The SMILES string of the molecule is CCCCN1CCC(NCc2c(C)n[nH]c2C)CC1. The van der Waals surface area contributed by atoms with E-state index >= 15 is 0 Å². The van der Waals surface area contributed by atoms with Crippen LogP contribution in [0.5, 0.6) is 0 Å². The van der Waals surface area contributed by atoms with E-state index in [0.717, 1.165) is 12.2 Å². The first kappa shape index (κ1) is 14.5. The zero-order valence-electron chi connectivity index (χ0n) is 12.6. The normalized spacial score (nSPS) is 18.1. The molecule has 108 valence electrons. The zero-order chi connectivity index (χ0) is 13.7. The van der Waals surface area contributed by atoms with Gasteiger partial charge in [-0.05, 0) is 52.7 Å². The minimum Gasteiger partial charge on any atom is -0.310 e. The molecule has 0 bridgehead atoms. The Kier molecular flexibility index (Phi) is 5.40. The summed E-state index contributed by atoms with van der Waals surface area (Å²) < 4.78 is 0. The van der Waals surface area contributed by atoms with E-state index in [1.165, 1.54) is 56.6 Å². The van der Waals surface area contributed by atoms with Crippen LogP contribution in [-0.4, -0.2) is 40.8 Å². The molecule has 0 radical (unpaired) electrons. The standard InChI is InChI=1S/C15H28N4/c1-4-5-8-19-9-6-14(7-10-19)16-11-15-12(2)17-18-13(15)3/h14,16H,4-11H2,1-3H3,(H,17,18). The molecule has 1 aromatic heterocycles. The maximum atomic E-state index is 4.25. The van der Waals surface area contributed by atoms with Gasteiger partial charge in [-0.15, -0.1) is 0 Å². The Bertz CT molecular complexity index is 358. The third-order valence-corrected chi connectivity index (χ3v) is 4.26. The van der Waals surface area contributed by atoms with Gasteiger partial charge >= 0.3 is 0 Å². The first-order valence-electron chi connectivity index (χ1n) is 7.67. The lowest BCUT2D eigenvalue weighted by atomic mass is 10.0. The Labute approximate surface area is 117 Å². The van der Waals surface area contributed by atoms with E-state index in [1.807, 2.05) is 0 Å². The van der Waals surface area contributed by atoms with E-state index < -0.39 is 0 Å². The van der Waals surface area contributed by atoms with E-state index in [-0.39, 0.29) is 0 Å². The lowest BCUT2D eigenvalue weighted by molar-refractivity contribution is 0.195. The largest absolute Gasteiger partial charge is 0.310 e. The Balaban J connectivity index is 1.71. The van der Waals surface area contributed by atoms with Crippen LogP contribution in [0.3, 0.4) is 0 Å². The first-order valence-corrected chi connectivity index (χ1v) is 7.67. The van der Waals surface area contributed by atoms with Crippen LogP contribution in [0.25, 0.3) is 0 Å². The molecule has 0 unspecified atom stereocenters. The summed E-state index contributed by atoms with van der Waals surface area (Å²) >= 11 is 0. The lowest BCUT2D eigenvalue weighted by Crippen LogP contribution is -2.42. The molecular formula is C15H28N4. The number of H-pyrrole nitrogens is 1. The molecule has 0 saturated carbocycles. The minimum absolute atomic E-state index is 0.673. The summed E-state index contributed by atoms with van der Waals surface area (Å²) in [5, 5.41) is 11.0. The highest BCUT2D eigenvalue weighted by Gasteiger charge is 2.18. The van der Waals surface area contributed by atoms with Gasteiger partial charge in [0.05, 0.1) is 5.69 Å². The summed E-state index contributed by atoms with van der Waals surface area (Å²) in [6, 6.07) is 0.673. The van der Waals surface area contributed by atoms with Crippen LogP contribution in [0.1, 0.15) is 49.6 Å². The average Bonchev–Trinajstić information content (AvgIpc) is 2.75. The summed E-state index contributed by atoms with van der Waals surface area (Å²) in [4.78, 5) is 2.61. The highest BCUT2D eigenvalue weighted by atomic mass is 15.1. The van der Waals surface area contributed by atoms with Crippen molar-refractivity contribution >= 4 is 0 Å². The number of aryl methyl sites for hydroxylation is 2. The summed E-state index contributed by atoms with van der Waals surface area (Å²) in [5.74, 6) is 0. The molecule has 0 amide bonds. The lowest BCUT2D eigenvalue weighted by Gasteiger charge is -2.32. The fraction of sp³-hybridized carbons (Fsp3) is 0.800. The second-order valence-electron chi connectivity index (χ2n) is 5.76. The first-order chi connectivity index (χ1) is 9.20. The molecule has 1 saturated heterocycles. The Morgan fingerprint density at radius 2 is 2.05 bits per heavy atom. The second kappa shape index (κ2) is 7.06. The number of nitrogens with one attached hydrogen (secondary N) is 2. The molecular weight excluding hydrogens is 236 g/mol. The Hall–Kier alpha value is -0.870. The van der Waals surface area contributed by atoms with Crippen molar-refractivity contribution in [2.45, 2.75) is 59.0 Å². The second-order valence-corrected chi connectivity index (χ2v) is 5.76. The molecule has 2 rings (SSSR count). The summed E-state index contributed by atoms with van der Waals surface area (Å²) in [5.41, 5.74) is 3.67. The maximum absolute atomic E-state index is 4.25. The number of unbranched alkanes of at least 4 members (excludes halogenated alkanes) is 1. The highest BCUT2D eigenvalue weighted by molar-refractivity contribution is 5.22. The number of likely N-dealkylation sites (tertiary alicyclic amines) is 1. The number of rotatable bonds is 6. The van der Waals surface area contributed by atoms with Gasteiger partial charge in [-0.1, -0.05) is 13.3 Å². The average molecular weight is 264 g/mol. The van der Waals surface area contributed by atoms with Crippen LogP contribution in [0.15, 0.2) is 0 Å². The van der Waals surface area contributed by atoms with Gasteiger partial charge in [-0.3, -0.25) is 5.10 Å². The topological polar surface area (TPSA) is 44.0 Å². The van der Waals surface area contributed by atoms with Crippen molar-refractivity contribution in [2.75, 3.05) is 19.6 Å². The molecule has 0 aromatic carbocycles. The van der Waals surface area contributed by atoms with E-state index in [0.29, 0.717) is 6.04 Å². The number of hydrogen-bond acceptors (Lipinski definition) is 3. The van der Waals surface area contributed by atoms with Crippen molar-refractivity contribution in [3.63, 3.8) is 0 Å². The van der Waals surface area contributed by atoms with Crippen molar-refractivity contribution < 1.29 is 0 Å². The van der Waals surface area contributed by atoms with Crippen LogP contribution in [0.2, 0.25) is 0 Å². The van der Waals surface area contributed by atoms with E-state index in [4.69, 9.17) is 0 Å². The third-order valence-electron chi connectivity index (χ3n) is 4.26. The number of aromatic amines is 1. The van der Waals surface area contributed by atoms with Crippen molar-refractivity contribution in [3.05, 3.63) is 17.0 Å². The molecule has 0 aliphatic carbocycles. The summed E-state index contributed by atoms with van der Waals surface area (Å²) in [7, 11) is 0. The van der Waals surface area contributed by atoms with Crippen LogP contribution in [0, 0.1) is 13.8 Å². The molecule has 1 aliphatic rings. The smallest absolute Gasteiger partial charge is 0.0638 e. The van der Waals surface area contributed by atoms with Crippen LogP contribution >= 0.6 is 0 Å². The Morgan fingerprint density at radius 1 is 1.32 bits per heavy atom. The molecule has 2 heterocycles. The van der Waals surface area contributed by atoms with Gasteiger partial charge in [0.25, 0.3) is 0 Å². The molecule has 0 atom stereocenters. The number of piperidine rings is 1. The van der Waals surface area contributed by atoms with Crippen LogP contribution in [-0.2, 0) is 6.54 Å². The van der Waals surface area contributed by atoms with Crippen molar-refractivity contribution in [1.82, 2.24) is 20.4 Å². The predicted octanol–water partition coefficient (Wildman–Crippen LogP) is 2.38. The van der Waals surface area contributed by atoms with Gasteiger partial charge in [-0.25, -0.2) is 0 Å². The fourth-order valence-corrected chi connectivity index (χ4v) is 2.82. The fourth-order valence-electron chi connectivity index (χ4n) is 2.82. The molecule has 1 aliphatic heterocycles. The van der Waals surface area contributed by atoms with Gasteiger partial charge in [0.1, 0.15) is 0 Å². The number of nitrogens with zero attached hydrogens (tertiary/aromatic N) is 2. The highest BCUT2D eigenvalue weighted by Crippen LogP contribution is 2.14. The third kappa shape index (κ3) is 4.05. The number of aromatic nitrogens is 2. The molecule has 4 nitrogen and oxygen atoms in total. The molecule has 0 spiro atoms. The van der Waals surface area contributed by atoms with Gasteiger partial charge in [0.15, 0.2) is 0 Å². The maximum Gasteiger partial charge on any atom is 0.0638 e. The van der Waals surface area contributed by atoms with Crippen LogP contribution in [0.4, 0.5) is 0 Å². The molecule has 1 aromatic rings.